The third-order valence-corrected chi connectivity index (χ3v) is 2.76. The Kier molecular flexibility index (Phi) is 5.12. The fourth-order valence-corrected chi connectivity index (χ4v) is 1.89. The van der Waals surface area contributed by atoms with E-state index in [0.29, 0.717) is 0 Å². The van der Waals surface area contributed by atoms with E-state index in [1.54, 1.807) is 14.2 Å². The molecule has 2 N–H and O–H groups in total. The van der Waals surface area contributed by atoms with E-state index in [1.165, 1.54) is 5.56 Å². The van der Waals surface area contributed by atoms with Crippen molar-refractivity contribution in [3.8, 4) is 11.5 Å². The minimum absolute atomic E-state index is 0.747. The van der Waals surface area contributed by atoms with Crippen molar-refractivity contribution in [1.29, 1.82) is 0 Å². The van der Waals surface area contributed by atoms with Gasteiger partial charge in [0.15, 0.2) is 0 Å². The molecule has 0 aliphatic carbocycles. The van der Waals surface area contributed by atoms with Gasteiger partial charge >= 0.3 is 0 Å². The summed E-state index contributed by atoms with van der Waals surface area (Å²) < 4.78 is 10.7. The molecule has 0 bridgehead atoms. The topological polar surface area (TPSA) is 44.5 Å². The predicted molar refractivity (Wildman–Crippen MR) is 66.3 cm³/mol. The van der Waals surface area contributed by atoms with Gasteiger partial charge in [-0.1, -0.05) is 6.07 Å². The van der Waals surface area contributed by atoms with Crippen LogP contribution in [0.5, 0.6) is 11.5 Å². The molecule has 0 radical (unpaired) electrons. The largest absolute Gasteiger partial charge is 0.496 e. The van der Waals surface area contributed by atoms with E-state index in [2.05, 4.69) is 6.07 Å². The first-order valence-corrected chi connectivity index (χ1v) is 5.65. The molecule has 90 valence electrons. The summed E-state index contributed by atoms with van der Waals surface area (Å²) in [5.74, 6) is 1.82. The van der Waals surface area contributed by atoms with Gasteiger partial charge in [-0.25, -0.2) is 0 Å². The number of methoxy groups -OCH3 is 2. The van der Waals surface area contributed by atoms with Crippen molar-refractivity contribution in [2.75, 3.05) is 20.8 Å². The summed E-state index contributed by atoms with van der Waals surface area (Å²) in [5.41, 5.74) is 7.78. The number of hydrogen-bond donors (Lipinski definition) is 1. The van der Waals surface area contributed by atoms with Gasteiger partial charge < -0.3 is 15.2 Å². The second kappa shape index (κ2) is 6.38. The fourth-order valence-electron chi connectivity index (χ4n) is 1.89. The van der Waals surface area contributed by atoms with Gasteiger partial charge in [-0.2, -0.15) is 0 Å². The lowest BCUT2D eigenvalue weighted by Gasteiger charge is -2.14. The summed E-state index contributed by atoms with van der Waals surface area (Å²) in [5, 5.41) is 0. The maximum absolute atomic E-state index is 5.49. The third kappa shape index (κ3) is 2.89. The summed E-state index contributed by atoms with van der Waals surface area (Å²) in [4.78, 5) is 0. The lowest BCUT2D eigenvalue weighted by atomic mass is 10.0. The van der Waals surface area contributed by atoms with Crippen molar-refractivity contribution in [3.05, 3.63) is 23.3 Å². The summed E-state index contributed by atoms with van der Waals surface area (Å²) in [6.45, 7) is 2.77. The standard InChI is InChI=1S/C13H21NO2/c1-10-12(15-2)8-7-11(13(10)16-3)6-4-5-9-14/h7-8H,4-6,9,14H2,1-3H3. The molecule has 1 rings (SSSR count). The zero-order valence-corrected chi connectivity index (χ0v) is 10.4. The van der Waals surface area contributed by atoms with Crippen LogP contribution in [-0.2, 0) is 6.42 Å². The van der Waals surface area contributed by atoms with E-state index in [1.807, 2.05) is 13.0 Å². The van der Waals surface area contributed by atoms with Crippen LogP contribution in [-0.4, -0.2) is 20.8 Å². The maximum atomic E-state index is 5.49. The Labute approximate surface area is 97.6 Å². The van der Waals surface area contributed by atoms with E-state index in [4.69, 9.17) is 15.2 Å². The molecule has 0 atom stereocenters. The molecule has 0 heterocycles. The van der Waals surface area contributed by atoms with E-state index in [9.17, 15) is 0 Å². The van der Waals surface area contributed by atoms with Crippen LogP contribution in [0.15, 0.2) is 12.1 Å². The van der Waals surface area contributed by atoms with Gasteiger partial charge in [0, 0.05) is 5.56 Å². The van der Waals surface area contributed by atoms with Crippen LogP contribution in [0.1, 0.15) is 24.0 Å². The zero-order chi connectivity index (χ0) is 12.0. The molecule has 1 aromatic carbocycles. The molecule has 0 aliphatic heterocycles. The molecular weight excluding hydrogens is 202 g/mol. The van der Waals surface area contributed by atoms with Crippen LogP contribution in [0.2, 0.25) is 0 Å². The average molecular weight is 223 g/mol. The molecule has 1 aromatic rings. The molecular formula is C13H21NO2. The molecule has 0 spiro atoms. The Balaban J connectivity index is 2.88. The first kappa shape index (κ1) is 12.8. The molecule has 0 amide bonds. The molecule has 3 nitrogen and oxygen atoms in total. The van der Waals surface area contributed by atoms with Crippen LogP contribution in [0, 0.1) is 6.92 Å². The van der Waals surface area contributed by atoms with Crippen LogP contribution in [0.25, 0.3) is 0 Å². The molecule has 0 aliphatic rings. The highest BCUT2D eigenvalue weighted by Gasteiger charge is 2.10. The number of benzene rings is 1. The predicted octanol–water partition coefficient (Wildman–Crippen LogP) is 2.29. The quantitative estimate of drug-likeness (QED) is 0.753. The second-order valence-electron chi connectivity index (χ2n) is 3.83. The minimum Gasteiger partial charge on any atom is -0.496 e. The van der Waals surface area contributed by atoms with Crippen LogP contribution in [0.4, 0.5) is 0 Å². The highest BCUT2D eigenvalue weighted by atomic mass is 16.5. The molecule has 0 fully saturated rings. The van der Waals surface area contributed by atoms with Crippen molar-refractivity contribution < 1.29 is 9.47 Å². The molecule has 0 unspecified atom stereocenters. The van der Waals surface area contributed by atoms with Crippen molar-refractivity contribution in [3.63, 3.8) is 0 Å². The van der Waals surface area contributed by atoms with Crippen LogP contribution in [0.3, 0.4) is 0 Å². The van der Waals surface area contributed by atoms with E-state index < -0.39 is 0 Å². The second-order valence-corrected chi connectivity index (χ2v) is 3.83. The Morgan fingerprint density at radius 1 is 1.12 bits per heavy atom. The first-order chi connectivity index (χ1) is 7.74. The summed E-state index contributed by atoms with van der Waals surface area (Å²) in [6, 6.07) is 4.07. The van der Waals surface area contributed by atoms with Gasteiger partial charge in [0.25, 0.3) is 0 Å². The van der Waals surface area contributed by atoms with Gasteiger partial charge in [-0.15, -0.1) is 0 Å². The molecule has 16 heavy (non-hydrogen) atoms. The smallest absolute Gasteiger partial charge is 0.128 e. The number of rotatable bonds is 6. The van der Waals surface area contributed by atoms with E-state index in [0.717, 1.165) is 42.9 Å². The van der Waals surface area contributed by atoms with Gasteiger partial charge in [-0.3, -0.25) is 0 Å². The van der Waals surface area contributed by atoms with Crippen molar-refractivity contribution in [2.45, 2.75) is 26.2 Å². The fraction of sp³-hybridized carbons (Fsp3) is 0.538. The number of ether oxygens (including phenoxy) is 2. The van der Waals surface area contributed by atoms with E-state index in [-0.39, 0.29) is 0 Å². The summed E-state index contributed by atoms with van der Waals surface area (Å²) in [6.07, 6.45) is 3.15. The van der Waals surface area contributed by atoms with Crippen LogP contribution < -0.4 is 15.2 Å². The SMILES string of the molecule is COc1ccc(CCCCN)c(OC)c1C. The van der Waals surface area contributed by atoms with Gasteiger partial charge in [0.1, 0.15) is 11.5 Å². The van der Waals surface area contributed by atoms with Gasteiger partial charge in [0.05, 0.1) is 14.2 Å². The number of nitrogens with two attached hydrogens (primary N) is 1. The minimum atomic E-state index is 0.747. The molecule has 3 heteroatoms. The number of aryl methyl sites for hydroxylation is 1. The lowest BCUT2D eigenvalue weighted by molar-refractivity contribution is 0.385. The molecule has 0 saturated heterocycles. The third-order valence-electron chi connectivity index (χ3n) is 2.76. The Hall–Kier alpha value is -1.22. The summed E-state index contributed by atoms with van der Waals surface area (Å²) in [7, 11) is 3.38. The average Bonchev–Trinajstić information content (AvgIpc) is 2.30. The Morgan fingerprint density at radius 3 is 2.44 bits per heavy atom. The van der Waals surface area contributed by atoms with Crippen molar-refractivity contribution in [1.82, 2.24) is 0 Å². The number of unbranched alkanes of at least 4 members (excludes halogenated alkanes) is 1. The molecule has 0 saturated carbocycles. The lowest BCUT2D eigenvalue weighted by Crippen LogP contribution is -2.01. The zero-order valence-electron chi connectivity index (χ0n) is 10.4. The maximum Gasteiger partial charge on any atom is 0.128 e. The highest BCUT2D eigenvalue weighted by Crippen LogP contribution is 2.31. The van der Waals surface area contributed by atoms with E-state index >= 15 is 0 Å². The Bertz CT molecular complexity index is 337. The van der Waals surface area contributed by atoms with Crippen LogP contribution >= 0.6 is 0 Å². The van der Waals surface area contributed by atoms with Gasteiger partial charge in [0.2, 0.25) is 0 Å². The summed E-state index contributed by atoms with van der Waals surface area (Å²) >= 11 is 0. The monoisotopic (exact) mass is 223 g/mol. The normalized spacial score (nSPS) is 10.2. The van der Waals surface area contributed by atoms with Gasteiger partial charge in [-0.05, 0) is 44.4 Å². The highest BCUT2D eigenvalue weighted by molar-refractivity contribution is 5.49. The van der Waals surface area contributed by atoms with Crippen molar-refractivity contribution >= 4 is 0 Å². The van der Waals surface area contributed by atoms with Crippen molar-refractivity contribution in [2.24, 2.45) is 5.73 Å². The Morgan fingerprint density at radius 2 is 1.88 bits per heavy atom. The number of hydrogen-bond acceptors (Lipinski definition) is 3. The first-order valence-electron chi connectivity index (χ1n) is 5.65. The molecule has 0 aromatic heterocycles.